The van der Waals surface area contributed by atoms with E-state index < -0.39 is 0 Å². The van der Waals surface area contributed by atoms with E-state index in [0.29, 0.717) is 11.5 Å². The summed E-state index contributed by atoms with van der Waals surface area (Å²) >= 11 is 3.43. The molecule has 0 radical (unpaired) electrons. The molecule has 0 unspecified atom stereocenters. The predicted molar refractivity (Wildman–Crippen MR) is 102 cm³/mol. The van der Waals surface area contributed by atoms with E-state index in [0.717, 1.165) is 35.2 Å². The molecule has 0 aliphatic carbocycles. The van der Waals surface area contributed by atoms with Gasteiger partial charge in [0.05, 0.1) is 19.9 Å². The van der Waals surface area contributed by atoms with Gasteiger partial charge in [-0.05, 0) is 29.6 Å². The molecule has 1 aromatic carbocycles. The number of nitrogens with zero attached hydrogens (tertiary/aromatic N) is 2. The van der Waals surface area contributed by atoms with E-state index in [-0.39, 0.29) is 0 Å². The van der Waals surface area contributed by atoms with E-state index >= 15 is 0 Å². The third-order valence-corrected chi connectivity index (χ3v) is 5.39. The smallest absolute Gasteiger partial charge is 0.177 e. The molecule has 0 fully saturated rings. The highest BCUT2D eigenvalue weighted by Crippen LogP contribution is 2.28. The van der Waals surface area contributed by atoms with Crippen LogP contribution < -0.4 is 14.9 Å². The molecule has 0 spiro atoms. The molecule has 5 nitrogen and oxygen atoms in total. The molecule has 1 N–H and O–H groups in total. The normalized spacial score (nSPS) is 15.8. The molecule has 24 heavy (non-hydrogen) atoms. The van der Waals surface area contributed by atoms with Crippen LogP contribution in [0.5, 0.6) is 11.5 Å². The van der Waals surface area contributed by atoms with Crippen molar-refractivity contribution in [3.63, 3.8) is 0 Å². The zero-order valence-electron chi connectivity index (χ0n) is 13.6. The number of hydrogen-bond donors (Lipinski definition) is 1. The highest BCUT2D eigenvalue weighted by molar-refractivity contribution is 8.14. The quantitative estimate of drug-likeness (QED) is 0.857. The lowest BCUT2D eigenvalue weighted by atomic mass is 10.1. The minimum absolute atomic E-state index is 0.707. The molecular formula is C17H19N3O2S2. The van der Waals surface area contributed by atoms with Gasteiger partial charge in [0.25, 0.3) is 0 Å². The Labute approximate surface area is 149 Å². The molecular weight excluding hydrogens is 342 g/mol. The van der Waals surface area contributed by atoms with Crippen molar-refractivity contribution in [1.29, 1.82) is 0 Å². The Morgan fingerprint density at radius 3 is 2.75 bits per heavy atom. The number of hydrogen-bond acceptors (Lipinski definition) is 6. The topological polar surface area (TPSA) is 55.2 Å². The zero-order valence-corrected chi connectivity index (χ0v) is 15.2. The van der Waals surface area contributed by atoms with Gasteiger partial charge in [0.1, 0.15) is 0 Å². The van der Waals surface area contributed by atoms with Gasteiger partial charge in [-0.1, -0.05) is 17.8 Å². The SMILES string of the molecule is COc1ccc(C2=NNC(=NCCc3cccs3)SC2)cc1OC. The highest BCUT2D eigenvalue weighted by atomic mass is 32.2. The van der Waals surface area contributed by atoms with Crippen molar-refractivity contribution in [2.24, 2.45) is 10.1 Å². The minimum atomic E-state index is 0.707. The summed E-state index contributed by atoms with van der Waals surface area (Å²) in [5.41, 5.74) is 5.04. The second-order valence-corrected chi connectivity index (χ2v) is 7.04. The minimum Gasteiger partial charge on any atom is -0.493 e. The molecule has 2 aromatic rings. The lowest BCUT2D eigenvalue weighted by Gasteiger charge is -2.16. The summed E-state index contributed by atoms with van der Waals surface area (Å²) in [5, 5.41) is 7.41. The number of thiophene rings is 1. The third kappa shape index (κ3) is 4.10. The van der Waals surface area contributed by atoms with Crippen molar-refractivity contribution < 1.29 is 9.47 Å². The number of amidine groups is 1. The van der Waals surface area contributed by atoms with Gasteiger partial charge in [0, 0.05) is 29.2 Å². The standard InChI is InChI=1S/C17H19N3O2S2/c1-21-15-6-5-12(10-16(15)22-2)14-11-24-17(20-19-14)18-8-7-13-4-3-9-23-13/h3-6,9-10H,7-8,11H2,1-2H3,(H,18,20). The van der Waals surface area contributed by atoms with Crippen molar-refractivity contribution in [1.82, 2.24) is 5.43 Å². The van der Waals surface area contributed by atoms with Crippen molar-refractivity contribution in [2.75, 3.05) is 26.5 Å². The van der Waals surface area contributed by atoms with Crippen molar-refractivity contribution in [3.8, 4) is 11.5 Å². The maximum atomic E-state index is 5.35. The second kappa shape index (κ2) is 8.21. The van der Waals surface area contributed by atoms with Crippen molar-refractivity contribution in [3.05, 3.63) is 46.2 Å². The van der Waals surface area contributed by atoms with Gasteiger partial charge < -0.3 is 9.47 Å². The Kier molecular flexibility index (Phi) is 5.77. The molecule has 126 valence electrons. The molecule has 0 saturated carbocycles. The Hall–Kier alpha value is -1.99. The lowest BCUT2D eigenvalue weighted by Crippen LogP contribution is -2.25. The number of thioether (sulfide) groups is 1. The Morgan fingerprint density at radius 1 is 1.21 bits per heavy atom. The van der Waals surface area contributed by atoms with E-state index in [4.69, 9.17) is 9.47 Å². The van der Waals surface area contributed by atoms with Crippen LogP contribution in [0.2, 0.25) is 0 Å². The average Bonchev–Trinajstić information content (AvgIpc) is 3.15. The van der Waals surface area contributed by atoms with Crippen molar-refractivity contribution in [2.45, 2.75) is 6.42 Å². The van der Waals surface area contributed by atoms with E-state index in [1.807, 2.05) is 18.2 Å². The van der Waals surface area contributed by atoms with Gasteiger partial charge >= 0.3 is 0 Å². The van der Waals surface area contributed by atoms with Gasteiger partial charge in [-0.3, -0.25) is 10.4 Å². The number of rotatable bonds is 6. The first-order valence-electron chi connectivity index (χ1n) is 7.54. The Balaban J connectivity index is 1.62. The van der Waals surface area contributed by atoms with Crippen LogP contribution in [0.1, 0.15) is 10.4 Å². The van der Waals surface area contributed by atoms with Crippen molar-refractivity contribution >= 4 is 34.0 Å². The Morgan fingerprint density at radius 2 is 2.08 bits per heavy atom. The molecule has 2 heterocycles. The summed E-state index contributed by atoms with van der Waals surface area (Å²) in [6, 6.07) is 10.0. The monoisotopic (exact) mass is 361 g/mol. The zero-order chi connectivity index (χ0) is 16.8. The molecule has 0 bridgehead atoms. The fourth-order valence-electron chi connectivity index (χ4n) is 2.28. The first-order chi connectivity index (χ1) is 11.8. The summed E-state index contributed by atoms with van der Waals surface area (Å²) < 4.78 is 10.6. The van der Waals surface area contributed by atoms with Crippen LogP contribution in [0.3, 0.4) is 0 Å². The lowest BCUT2D eigenvalue weighted by molar-refractivity contribution is 0.355. The Bertz CT molecular complexity index is 742. The summed E-state index contributed by atoms with van der Waals surface area (Å²) in [5.74, 6) is 2.20. The first kappa shape index (κ1) is 16.9. The molecule has 1 aliphatic rings. The number of methoxy groups -OCH3 is 2. The van der Waals surface area contributed by atoms with Gasteiger partial charge in [0.2, 0.25) is 0 Å². The van der Waals surface area contributed by atoms with E-state index in [1.165, 1.54) is 4.88 Å². The first-order valence-corrected chi connectivity index (χ1v) is 9.41. The second-order valence-electron chi connectivity index (χ2n) is 5.04. The molecule has 0 atom stereocenters. The van der Waals surface area contributed by atoms with Crippen LogP contribution in [0.15, 0.2) is 45.8 Å². The maximum Gasteiger partial charge on any atom is 0.177 e. The third-order valence-electron chi connectivity index (χ3n) is 3.54. The molecule has 0 amide bonds. The number of nitrogens with one attached hydrogen (secondary N) is 1. The number of benzene rings is 1. The highest BCUT2D eigenvalue weighted by Gasteiger charge is 2.15. The van der Waals surface area contributed by atoms with E-state index in [1.54, 1.807) is 37.3 Å². The fourth-order valence-corrected chi connectivity index (χ4v) is 3.78. The van der Waals surface area contributed by atoms with Gasteiger partial charge in [-0.15, -0.1) is 11.3 Å². The molecule has 7 heteroatoms. The van der Waals surface area contributed by atoms with Gasteiger partial charge in [-0.25, -0.2) is 0 Å². The van der Waals surface area contributed by atoms with Crippen LogP contribution in [0.4, 0.5) is 0 Å². The van der Waals surface area contributed by atoms with Gasteiger partial charge in [-0.2, -0.15) is 5.10 Å². The van der Waals surface area contributed by atoms with Crippen LogP contribution in [-0.2, 0) is 6.42 Å². The van der Waals surface area contributed by atoms with Gasteiger partial charge in [0.15, 0.2) is 16.7 Å². The number of hydrazone groups is 1. The summed E-state index contributed by atoms with van der Waals surface area (Å²) in [6.07, 6.45) is 0.968. The maximum absolute atomic E-state index is 5.35. The largest absolute Gasteiger partial charge is 0.493 e. The van der Waals surface area contributed by atoms with E-state index in [2.05, 4.69) is 33.0 Å². The molecule has 1 aliphatic heterocycles. The summed E-state index contributed by atoms with van der Waals surface area (Å²) in [4.78, 5) is 5.93. The molecule has 3 rings (SSSR count). The molecule has 0 saturated heterocycles. The number of ether oxygens (including phenoxy) is 2. The average molecular weight is 361 g/mol. The molecule has 1 aromatic heterocycles. The summed E-state index contributed by atoms with van der Waals surface area (Å²) in [6.45, 7) is 0.775. The van der Waals surface area contributed by atoms with Crippen LogP contribution in [0, 0.1) is 0 Å². The predicted octanol–water partition coefficient (Wildman–Crippen LogP) is 3.40. The van der Waals surface area contributed by atoms with Crippen LogP contribution >= 0.6 is 23.1 Å². The fraction of sp³-hybridized carbons (Fsp3) is 0.294. The van der Waals surface area contributed by atoms with Crippen LogP contribution in [-0.4, -0.2) is 37.4 Å². The van der Waals surface area contributed by atoms with E-state index in [9.17, 15) is 0 Å². The summed E-state index contributed by atoms with van der Waals surface area (Å²) in [7, 11) is 3.27. The number of aliphatic imine (C=N–C) groups is 1. The van der Waals surface area contributed by atoms with Crippen LogP contribution in [0.25, 0.3) is 0 Å².